The second-order valence-corrected chi connectivity index (χ2v) is 4.56. The molecule has 7 heteroatoms. The Balaban J connectivity index is 2.45. The number of aromatic amines is 1. The summed E-state index contributed by atoms with van der Waals surface area (Å²) in [6, 6.07) is 1.63. The highest BCUT2D eigenvalue weighted by atomic mass is 32.2. The van der Waals surface area contributed by atoms with Gasteiger partial charge in [0.1, 0.15) is 10.7 Å². The summed E-state index contributed by atoms with van der Waals surface area (Å²) < 4.78 is 1.86. The van der Waals surface area contributed by atoms with Crippen LogP contribution in [0.15, 0.2) is 15.9 Å². The van der Waals surface area contributed by atoms with Gasteiger partial charge >= 0.3 is 0 Å². The lowest BCUT2D eigenvalue weighted by molar-refractivity contribution is 0.0929. The molecule has 1 aliphatic heterocycles. The van der Waals surface area contributed by atoms with Crippen LogP contribution in [0.4, 0.5) is 0 Å². The van der Waals surface area contributed by atoms with Gasteiger partial charge in [0.15, 0.2) is 0 Å². The molecule has 0 saturated carbocycles. The quantitative estimate of drug-likeness (QED) is 0.708. The lowest BCUT2D eigenvalue weighted by Crippen LogP contribution is -2.34. The summed E-state index contributed by atoms with van der Waals surface area (Å²) in [7, 11) is 0. The van der Waals surface area contributed by atoms with Crippen molar-refractivity contribution in [2.24, 2.45) is 0 Å². The van der Waals surface area contributed by atoms with Crippen molar-refractivity contribution in [1.82, 2.24) is 20.1 Å². The smallest absolute Gasteiger partial charge is 0.273 e. The normalized spacial score (nSPS) is 14.8. The fourth-order valence-corrected chi connectivity index (χ4v) is 2.65. The van der Waals surface area contributed by atoms with Gasteiger partial charge in [0, 0.05) is 13.1 Å². The molecule has 3 heterocycles. The number of hydrogen-bond donors (Lipinski definition) is 2. The lowest BCUT2D eigenvalue weighted by Gasteiger charge is -2.16. The highest BCUT2D eigenvalue weighted by Gasteiger charge is 2.22. The van der Waals surface area contributed by atoms with Gasteiger partial charge in [0.25, 0.3) is 11.5 Å². The summed E-state index contributed by atoms with van der Waals surface area (Å²) in [4.78, 5) is 23.4. The Morgan fingerprint density at radius 1 is 1.47 bits per heavy atom. The van der Waals surface area contributed by atoms with E-state index in [1.54, 1.807) is 6.07 Å². The van der Waals surface area contributed by atoms with Gasteiger partial charge in [-0.15, -0.1) is 11.8 Å². The molecular formula is C10H10N4O2S. The number of carbonyl (C=O) groups is 1. The Morgan fingerprint density at radius 3 is 3.06 bits per heavy atom. The number of amides is 1. The second-order valence-electron chi connectivity index (χ2n) is 3.76. The summed E-state index contributed by atoms with van der Waals surface area (Å²) in [5, 5.41) is 10.5. The topological polar surface area (TPSA) is 79.8 Å². The fraction of sp³-hybridized carbons (Fsp3) is 0.300. The summed E-state index contributed by atoms with van der Waals surface area (Å²) in [6.45, 7) is 1.25. The Hall–Kier alpha value is -1.76. The molecule has 0 radical (unpaired) electrons. The molecule has 0 spiro atoms. The molecule has 88 valence electrons. The highest BCUT2D eigenvalue weighted by Crippen LogP contribution is 2.25. The zero-order valence-corrected chi connectivity index (χ0v) is 9.93. The maximum Gasteiger partial charge on any atom is 0.273 e. The minimum Gasteiger partial charge on any atom is -0.349 e. The van der Waals surface area contributed by atoms with Crippen molar-refractivity contribution in [3.05, 3.63) is 22.1 Å². The molecule has 17 heavy (non-hydrogen) atoms. The van der Waals surface area contributed by atoms with Crippen LogP contribution in [0.25, 0.3) is 10.9 Å². The Morgan fingerprint density at radius 2 is 2.29 bits per heavy atom. The van der Waals surface area contributed by atoms with E-state index in [1.807, 2.05) is 10.8 Å². The van der Waals surface area contributed by atoms with Crippen molar-refractivity contribution in [2.75, 3.05) is 12.8 Å². The predicted molar refractivity (Wildman–Crippen MR) is 64.5 cm³/mol. The monoisotopic (exact) mass is 250 g/mol. The number of nitrogens with one attached hydrogen (secondary N) is 2. The van der Waals surface area contributed by atoms with Crippen LogP contribution in [0.2, 0.25) is 0 Å². The van der Waals surface area contributed by atoms with Crippen LogP contribution < -0.4 is 10.9 Å². The Labute approximate surface area is 100 Å². The number of rotatable bonds is 1. The van der Waals surface area contributed by atoms with Crippen LogP contribution in [0.5, 0.6) is 0 Å². The molecule has 6 nitrogen and oxygen atoms in total. The van der Waals surface area contributed by atoms with E-state index in [2.05, 4.69) is 15.5 Å². The Bertz CT molecular complexity index is 673. The number of aromatic nitrogens is 3. The molecule has 0 atom stereocenters. The molecule has 0 fully saturated rings. The van der Waals surface area contributed by atoms with Crippen molar-refractivity contribution in [3.8, 4) is 0 Å². The standard InChI is InChI=1S/C10H10N4O2S/c1-17-10-7-5(8(15)12-13-10)4-6-9(16)11-2-3-14(6)7/h4H,2-3H2,1H3,(H,11,16)(H,12,15). The molecule has 2 N–H and O–H groups in total. The Kier molecular flexibility index (Phi) is 2.22. The van der Waals surface area contributed by atoms with Crippen molar-refractivity contribution < 1.29 is 4.79 Å². The molecule has 3 rings (SSSR count). The second kappa shape index (κ2) is 3.63. The van der Waals surface area contributed by atoms with Gasteiger partial charge in [-0.2, -0.15) is 5.10 Å². The summed E-state index contributed by atoms with van der Waals surface area (Å²) in [5.41, 5.74) is 1.03. The van der Waals surface area contributed by atoms with Gasteiger partial charge in [-0.25, -0.2) is 5.10 Å². The first-order valence-electron chi connectivity index (χ1n) is 5.16. The summed E-state index contributed by atoms with van der Waals surface area (Å²) in [5.74, 6) is -0.140. The number of thioether (sulfide) groups is 1. The van der Waals surface area contributed by atoms with Crippen molar-refractivity contribution in [3.63, 3.8) is 0 Å². The zero-order chi connectivity index (χ0) is 12.0. The zero-order valence-electron chi connectivity index (χ0n) is 9.11. The van der Waals surface area contributed by atoms with Crippen LogP contribution in [0.3, 0.4) is 0 Å². The maximum absolute atomic E-state index is 11.7. The SMILES string of the molecule is CSc1n[nH]c(=O)c2cc3n(c12)CCNC3=O. The number of hydrogen-bond acceptors (Lipinski definition) is 4. The van der Waals surface area contributed by atoms with Crippen LogP contribution in [-0.2, 0) is 6.54 Å². The van der Waals surface area contributed by atoms with Gasteiger partial charge in [-0.3, -0.25) is 9.59 Å². The third kappa shape index (κ3) is 1.39. The van der Waals surface area contributed by atoms with Crippen LogP contribution >= 0.6 is 11.8 Å². The third-order valence-electron chi connectivity index (χ3n) is 2.85. The highest BCUT2D eigenvalue weighted by molar-refractivity contribution is 7.98. The lowest BCUT2D eigenvalue weighted by atomic mass is 10.3. The number of fused-ring (bicyclic) bond motifs is 3. The van der Waals surface area contributed by atoms with Crippen molar-refractivity contribution in [1.29, 1.82) is 0 Å². The molecule has 1 aliphatic rings. The van der Waals surface area contributed by atoms with Crippen LogP contribution in [-0.4, -0.2) is 33.5 Å². The number of H-pyrrole nitrogens is 1. The predicted octanol–water partition coefficient (Wildman–Crippen LogP) is 0.190. The van der Waals surface area contributed by atoms with E-state index in [9.17, 15) is 9.59 Å². The number of carbonyl (C=O) groups excluding carboxylic acids is 1. The third-order valence-corrected chi connectivity index (χ3v) is 3.52. The van der Waals surface area contributed by atoms with Gasteiger partial charge in [-0.05, 0) is 12.3 Å². The molecule has 0 aromatic carbocycles. The van der Waals surface area contributed by atoms with E-state index in [4.69, 9.17) is 0 Å². The molecular weight excluding hydrogens is 240 g/mol. The largest absolute Gasteiger partial charge is 0.349 e. The van der Waals surface area contributed by atoms with E-state index >= 15 is 0 Å². The average molecular weight is 250 g/mol. The first kappa shape index (κ1) is 10.4. The first-order chi connectivity index (χ1) is 8.22. The minimum absolute atomic E-state index is 0.140. The van der Waals surface area contributed by atoms with Crippen molar-refractivity contribution in [2.45, 2.75) is 11.6 Å². The average Bonchev–Trinajstić information content (AvgIpc) is 2.72. The first-order valence-corrected chi connectivity index (χ1v) is 6.39. The molecule has 2 aromatic rings. The summed E-state index contributed by atoms with van der Waals surface area (Å²) >= 11 is 1.45. The molecule has 1 amide bonds. The molecule has 0 unspecified atom stereocenters. The van der Waals surface area contributed by atoms with Gasteiger partial charge in [0.05, 0.1) is 10.9 Å². The van der Waals surface area contributed by atoms with Gasteiger partial charge in [0.2, 0.25) is 0 Å². The van der Waals surface area contributed by atoms with E-state index in [0.29, 0.717) is 24.2 Å². The van der Waals surface area contributed by atoms with E-state index < -0.39 is 0 Å². The number of nitrogens with zero attached hydrogens (tertiary/aromatic N) is 2. The van der Waals surface area contributed by atoms with Crippen molar-refractivity contribution >= 4 is 28.6 Å². The molecule has 0 aliphatic carbocycles. The van der Waals surface area contributed by atoms with Crippen LogP contribution in [0.1, 0.15) is 10.5 Å². The fourth-order valence-electron chi connectivity index (χ4n) is 2.10. The molecule has 0 saturated heterocycles. The van der Waals surface area contributed by atoms with Crippen LogP contribution in [0, 0.1) is 0 Å². The van der Waals surface area contributed by atoms with E-state index in [1.165, 1.54) is 11.8 Å². The summed E-state index contributed by atoms with van der Waals surface area (Å²) in [6.07, 6.45) is 1.89. The maximum atomic E-state index is 11.7. The van der Waals surface area contributed by atoms with E-state index in [-0.39, 0.29) is 11.5 Å². The van der Waals surface area contributed by atoms with Gasteiger partial charge in [-0.1, -0.05) is 0 Å². The van der Waals surface area contributed by atoms with Gasteiger partial charge < -0.3 is 9.88 Å². The molecule has 0 bridgehead atoms. The molecule has 2 aromatic heterocycles. The minimum atomic E-state index is -0.257. The van der Waals surface area contributed by atoms with E-state index in [0.717, 1.165) is 10.5 Å².